The summed E-state index contributed by atoms with van der Waals surface area (Å²) >= 11 is 0. The Hall–Kier alpha value is -0.530. The molecule has 0 unspecified atom stereocenters. The van der Waals surface area contributed by atoms with Crippen LogP contribution in [0.3, 0.4) is 0 Å². The van der Waals surface area contributed by atoms with Gasteiger partial charge in [0.2, 0.25) is 0 Å². The fraction of sp³-hybridized carbons (Fsp3) is 0.900. The third-order valence-electron chi connectivity index (χ3n) is 2.95. The van der Waals surface area contributed by atoms with Gasteiger partial charge in [0.25, 0.3) is 0 Å². The highest BCUT2D eigenvalue weighted by molar-refractivity contribution is 5.70. The van der Waals surface area contributed by atoms with E-state index in [9.17, 15) is 4.79 Å². The van der Waals surface area contributed by atoms with E-state index in [2.05, 4.69) is 20.8 Å². The lowest BCUT2D eigenvalue weighted by Gasteiger charge is -2.30. The molecule has 2 nitrogen and oxygen atoms in total. The summed E-state index contributed by atoms with van der Waals surface area (Å²) in [5.74, 6) is -0.326. The van der Waals surface area contributed by atoms with Gasteiger partial charge in [0.1, 0.15) is 0 Å². The zero-order valence-electron chi connectivity index (χ0n) is 8.13. The van der Waals surface area contributed by atoms with E-state index in [4.69, 9.17) is 5.11 Å². The van der Waals surface area contributed by atoms with E-state index in [1.807, 2.05) is 0 Å². The molecular weight excluding hydrogens is 152 g/mol. The first kappa shape index (κ1) is 9.56. The summed E-state index contributed by atoms with van der Waals surface area (Å²) in [5.41, 5.74) is 0.152. The Labute approximate surface area is 74.0 Å². The van der Waals surface area contributed by atoms with Crippen LogP contribution in [0.5, 0.6) is 0 Å². The fourth-order valence-electron chi connectivity index (χ4n) is 2.29. The molecule has 2 atom stereocenters. The van der Waals surface area contributed by atoms with E-state index in [-0.39, 0.29) is 11.3 Å². The van der Waals surface area contributed by atoms with E-state index in [1.54, 1.807) is 0 Å². The summed E-state index contributed by atoms with van der Waals surface area (Å²) in [6.07, 6.45) is 3.04. The van der Waals surface area contributed by atoms with Crippen LogP contribution < -0.4 is 0 Å². The number of carboxylic acids is 1. The molecule has 1 aliphatic rings. The van der Waals surface area contributed by atoms with E-state index >= 15 is 0 Å². The third kappa shape index (κ3) is 1.79. The van der Waals surface area contributed by atoms with Crippen molar-refractivity contribution in [2.45, 2.75) is 40.0 Å². The van der Waals surface area contributed by atoms with E-state index < -0.39 is 5.97 Å². The summed E-state index contributed by atoms with van der Waals surface area (Å²) in [5, 5.41) is 8.95. The van der Waals surface area contributed by atoms with Crippen molar-refractivity contribution < 1.29 is 9.90 Å². The van der Waals surface area contributed by atoms with Gasteiger partial charge < -0.3 is 5.11 Å². The maximum atomic E-state index is 10.9. The number of hydrogen-bond donors (Lipinski definition) is 1. The molecule has 0 bridgehead atoms. The van der Waals surface area contributed by atoms with Gasteiger partial charge in [0.05, 0.1) is 5.92 Å². The first-order chi connectivity index (χ1) is 5.43. The Morgan fingerprint density at radius 3 is 2.25 bits per heavy atom. The number of carbonyl (C=O) groups is 1. The van der Waals surface area contributed by atoms with Crippen LogP contribution in [0.4, 0.5) is 0 Å². The molecule has 2 heteroatoms. The van der Waals surface area contributed by atoms with Crippen LogP contribution in [-0.2, 0) is 4.79 Å². The Morgan fingerprint density at radius 1 is 1.33 bits per heavy atom. The van der Waals surface area contributed by atoms with Crippen molar-refractivity contribution in [1.29, 1.82) is 0 Å². The second-order valence-corrected chi connectivity index (χ2v) is 4.85. The minimum Gasteiger partial charge on any atom is -0.481 e. The molecule has 1 aliphatic carbocycles. The lowest BCUT2D eigenvalue weighted by atomic mass is 9.75. The first-order valence-electron chi connectivity index (χ1n) is 4.65. The highest BCUT2D eigenvalue weighted by Crippen LogP contribution is 2.43. The van der Waals surface area contributed by atoms with Crippen molar-refractivity contribution in [3.63, 3.8) is 0 Å². The molecule has 12 heavy (non-hydrogen) atoms. The maximum absolute atomic E-state index is 10.9. The lowest BCUT2D eigenvalue weighted by Crippen LogP contribution is -2.28. The Morgan fingerprint density at radius 2 is 1.92 bits per heavy atom. The molecule has 0 aromatic heterocycles. The zero-order valence-corrected chi connectivity index (χ0v) is 8.13. The SMILES string of the molecule is CC(C)(C)[C@@H]1CCC[C@@H]1C(=O)O. The summed E-state index contributed by atoms with van der Waals surface area (Å²) in [6.45, 7) is 6.41. The predicted molar refractivity (Wildman–Crippen MR) is 47.9 cm³/mol. The Kier molecular flexibility index (Phi) is 2.45. The molecule has 1 N–H and O–H groups in total. The molecule has 0 spiro atoms. The standard InChI is InChI=1S/C10H18O2/c1-10(2,3)8-6-4-5-7(8)9(11)12/h7-8H,4-6H2,1-3H3,(H,11,12)/t7-,8+/m0/s1. The second kappa shape index (κ2) is 3.08. The minimum atomic E-state index is -0.604. The average molecular weight is 170 g/mol. The van der Waals surface area contributed by atoms with Crippen LogP contribution in [-0.4, -0.2) is 11.1 Å². The van der Waals surface area contributed by atoms with Gasteiger partial charge in [-0.3, -0.25) is 4.79 Å². The van der Waals surface area contributed by atoms with Crippen LogP contribution in [0.1, 0.15) is 40.0 Å². The number of rotatable bonds is 1. The molecule has 1 saturated carbocycles. The molecule has 0 aliphatic heterocycles. The molecular formula is C10H18O2. The first-order valence-corrected chi connectivity index (χ1v) is 4.65. The highest BCUT2D eigenvalue weighted by Gasteiger charge is 2.39. The van der Waals surface area contributed by atoms with Crippen molar-refractivity contribution in [3.8, 4) is 0 Å². The number of carboxylic acid groups (broad SMARTS) is 1. The molecule has 0 radical (unpaired) electrons. The van der Waals surface area contributed by atoms with Gasteiger partial charge in [-0.1, -0.05) is 27.2 Å². The van der Waals surface area contributed by atoms with Crippen molar-refractivity contribution >= 4 is 5.97 Å². The Bertz CT molecular complexity index is 179. The second-order valence-electron chi connectivity index (χ2n) is 4.85. The summed E-state index contributed by atoms with van der Waals surface area (Å²) in [4.78, 5) is 10.9. The van der Waals surface area contributed by atoms with Gasteiger partial charge in [-0.05, 0) is 24.2 Å². The Balaban J connectivity index is 2.71. The third-order valence-corrected chi connectivity index (χ3v) is 2.95. The fourth-order valence-corrected chi connectivity index (χ4v) is 2.29. The van der Waals surface area contributed by atoms with Gasteiger partial charge in [0, 0.05) is 0 Å². The van der Waals surface area contributed by atoms with Crippen molar-refractivity contribution in [2.75, 3.05) is 0 Å². The van der Waals surface area contributed by atoms with Crippen molar-refractivity contribution in [3.05, 3.63) is 0 Å². The van der Waals surface area contributed by atoms with Gasteiger partial charge >= 0.3 is 5.97 Å². The van der Waals surface area contributed by atoms with Crippen LogP contribution in [0.25, 0.3) is 0 Å². The van der Waals surface area contributed by atoms with Gasteiger partial charge in [-0.25, -0.2) is 0 Å². The average Bonchev–Trinajstić information content (AvgIpc) is 2.30. The van der Waals surface area contributed by atoms with Gasteiger partial charge in [-0.15, -0.1) is 0 Å². The molecule has 0 saturated heterocycles. The molecule has 1 fully saturated rings. The summed E-state index contributed by atoms with van der Waals surface area (Å²) in [7, 11) is 0. The topological polar surface area (TPSA) is 37.3 Å². The molecule has 0 aromatic rings. The van der Waals surface area contributed by atoms with Crippen LogP contribution >= 0.6 is 0 Å². The number of hydrogen-bond acceptors (Lipinski definition) is 1. The van der Waals surface area contributed by atoms with Crippen molar-refractivity contribution in [1.82, 2.24) is 0 Å². The molecule has 0 aromatic carbocycles. The van der Waals surface area contributed by atoms with Crippen LogP contribution in [0, 0.1) is 17.3 Å². The zero-order chi connectivity index (χ0) is 9.35. The van der Waals surface area contributed by atoms with Crippen molar-refractivity contribution in [2.24, 2.45) is 17.3 Å². The van der Waals surface area contributed by atoms with Crippen LogP contribution in [0.15, 0.2) is 0 Å². The molecule has 0 heterocycles. The van der Waals surface area contributed by atoms with E-state index in [1.165, 1.54) is 0 Å². The summed E-state index contributed by atoms with van der Waals surface area (Å²) < 4.78 is 0. The highest BCUT2D eigenvalue weighted by atomic mass is 16.4. The van der Waals surface area contributed by atoms with E-state index in [0.717, 1.165) is 19.3 Å². The smallest absolute Gasteiger partial charge is 0.306 e. The van der Waals surface area contributed by atoms with Crippen LogP contribution in [0.2, 0.25) is 0 Å². The molecule has 0 amide bonds. The molecule has 70 valence electrons. The number of aliphatic carboxylic acids is 1. The minimum absolute atomic E-state index is 0.0926. The van der Waals surface area contributed by atoms with Gasteiger partial charge in [0.15, 0.2) is 0 Å². The molecule has 1 rings (SSSR count). The normalized spacial score (nSPS) is 30.6. The quantitative estimate of drug-likeness (QED) is 0.656. The lowest BCUT2D eigenvalue weighted by molar-refractivity contribution is -0.144. The van der Waals surface area contributed by atoms with E-state index in [0.29, 0.717) is 5.92 Å². The largest absolute Gasteiger partial charge is 0.481 e. The maximum Gasteiger partial charge on any atom is 0.306 e. The van der Waals surface area contributed by atoms with Gasteiger partial charge in [-0.2, -0.15) is 0 Å². The predicted octanol–water partition coefficient (Wildman–Crippen LogP) is 2.53. The summed E-state index contributed by atoms with van der Waals surface area (Å²) in [6, 6.07) is 0. The monoisotopic (exact) mass is 170 g/mol.